The highest BCUT2D eigenvalue weighted by Crippen LogP contribution is 2.16. The van der Waals surface area contributed by atoms with Crippen molar-refractivity contribution in [3.8, 4) is 0 Å². The van der Waals surface area contributed by atoms with Crippen LogP contribution in [0, 0.1) is 0 Å². The summed E-state index contributed by atoms with van der Waals surface area (Å²) in [5.74, 6) is -1.11. The lowest BCUT2D eigenvalue weighted by Crippen LogP contribution is -2.47. The van der Waals surface area contributed by atoms with Crippen LogP contribution in [0.4, 0.5) is 5.69 Å². The number of hydrogen-bond donors (Lipinski definition) is 2. The van der Waals surface area contributed by atoms with Gasteiger partial charge < -0.3 is 15.3 Å². The second-order valence-electron chi connectivity index (χ2n) is 4.68. The molecule has 0 bridgehead atoms. The fraction of sp³-hybridized carbons (Fsp3) is 0.467. The van der Waals surface area contributed by atoms with E-state index < -0.39 is 12.0 Å². The number of carboxylic acid groups (broad SMARTS) is 1. The van der Waals surface area contributed by atoms with E-state index in [4.69, 9.17) is 5.11 Å². The van der Waals surface area contributed by atoms with Gasteiger partial charge in [-0.15, -0.1) is 0 Å². The SMILES string of the molecule is CCCCNC(=O)C(C)N(CC(=O)O)c1ccccc1. The molecule has 2 N–H and O–H groups in total. The van der Waals surface area contributed by atoms with Gasteiger partial charge in [0.1, 0.15) is 12.6 Å². The number of carbonyl (C=O) groups is 2. The van der Waals surface area contributed by atoms with E-state index in [1.807, 2.05) is 18.2 Å². The van der Waals surface area contributed by atoms with Crippen molar-refractivity contribution in [3.63, 3.8) is 0 Å². The Labute approximate surface area is 119 Å². The Balaban J connectivity index is 2.77. The van der Waals surface area contributed by atoms with E-state index in [-0.39, 0.29) is 12.5 Å². The van der Waals surface area contributed by atoms with Gasteiger partial charge in [-0.1, -0.05) is 31.5 Å². The number of anilines is 1. The minimum absolute atomic E-state index is 0.149. The quantitative estimate of drug-likeness (QED) is 0.712. The highest BCUT2D eigenvalue weighted by molar-refractivity contribution is 5.87. The van der Waals surface area contributed by atoms with Crippen molar-refractivity contribution in [2.24, 2.45) is 0 Å². The Kier molecular flexibility index (Phi) is 6.56. The fourth-order valence-electron chi connectivity index (χ4n) is 1.89. The monoisotopic (exact) mass is 278 g/mol. The predicted octanol–water partition coefficient (Wildman–Crippen LogP) is 1.88. The third-order valence-electron chi connectivity index (χ3n) is 3.07. The van der Waals surface area contributed by atoms with E-state index in [1.165, 1.54) is 0 Å². The summed E-state index contributed by atoms with van der Waals surface area (Å²) in [6, 6.07) is 8.59. The first kappa shape index (κ1) is 16.0. The van der Waals surface area contributed by atoms with Crippen molar-refractivity contribution in [2.45, 2.75) is 32.7 Å². The Morgan fingerprint density at radius 3 is 2.50 bits per heavy atom. The molecule has 0 radical (unpaired) electrons. The molecular weight excluding hydrogens is 256 g/mol. The maximum absolute atomic E-state index is 12.1. The third-order valence-corrected chi connectivity index (χ3v) is 3.07. The van der Waals surface area contributed by atoms with Gasteiger partial charge >= 0.3 is 5.97 Å². The molecule has 0 aliphatic rings. The number of benzene rings is 1. The van der Waals surface area contributed by atoms with Crippen molar-refractivity contribution < 1.29 is 14.7 Å². The van der Waals surface area contributed by atoms with Crippen LogP contribution in [0.1, 0.15) is 26.7 Å². The highest BCUT2D eigenvalue weighted by atomic mass is 16.4. The summed E-state index contributed by atoms with van der Waals surface area (Å²) in [6.45, 7) is 4.19. The molecule has 1 atom stereocenters. The van der Waals surface area contributed by atoms with E-state index in [9.17, 15) is 9.59 Å². The Bertz CT molecular complexity index is 434. The number of nitrogens with one attached hydrogen (secondary N) is 1. The van der Waals surface area contributed by atoms with Crippen molar-refractivity contribution in [1.82, 2.24) is 5.32 Å². The molecule has 110 valence electrons. The Morgan fingerprint density at radius 1 is 1.30 bits per heavy atom. The highest BCUT2D eigenvalue weighted by Gasteiger charge is 2.23. The van der Waals surface area contributed by atoms with Crippen LogP contribution in [0.25, 0.3) is 0 Å². The average molecular weight is 278 g/mol. The van der Waals surface area contributed by atoms with Gasteiger partial charge in [-0.3, -0.25) is 9.59 Å². The molecule has 0 aromatic heterocycles. The van der Waals surface area contributed by atoms with E-state index in [0.29, 0.717) is 6.54 Å². The smallest absolute Gasteiger partial charge is 0.323 e. The van der Waals surface area contributed by atoms with Gasteiger partial charge in [-0.2, -0.15) is 0 Å². The lowest BCUT2D eigenvalue weighted by Gasteiger charge is -2.28. The zero-order valence-electron chi connectivity index (χ0n) is 12.0. The van der Waals surface area contributed by atoms with E-state index in [2.05, 4.69) is 12.2 Å². The predicted molar refractivity (Wildman–Crippen MR) is 78.8 cm³/mol. The molecule has 0 saturated heterocycles. The van der Waals surface area contributed by atoms with Crippen LogP contribution in [0.3, 0.4) is 0 Å². The second kappa shape index (κ2) is 8.19. The molecule has 0 aliphatic heterocycles. The zero-order chi connectivity index (χ0) is 15.0. The molecule has 5 heteroatoms. The summed E-state index contributed by atoms with van der Waals surface area (Å²) < 4.78 is 0. The molecule has 5 nitrogen and oxygen atoms in total. The third kappa shape index (κ3) is 4.91. The largest absolute Gasteiger partial charge is 0.480 e. The number of para-hydroxylation sites is 1. The number of amides is 1. The molecule has 0 fully saturated rings. The van der Waals surface area contributed by atoms with Gasteiger partial charge in [0.15, 0.2) is 0 Å². The van der Waals surface area contributed by atoms with Crippen molar-refractivity contribution in [2.75, 3.05) is 18.0 Å². The van der Waals surface area contributed by atoms with E-state index in [0.717, 1.165) is 18.5 Å². The fourth-order valence-corrected chi connectivity index (χ4v) is 1.89. The molecule has 1 amide bonds. The molecule has 1 aromatic rings. The summed E-state index contributed by atoms with van der Waals surface area (Å²) in [6.07, 6.45) is 1.93. The van der Waals surface area contributed by atoms with E-state index in [1.54, 1.807) is 24.0 Å². The van der Waals surface area contributed by atoms with Gasteiger partial charge in [0.25, 0.3) is 0 Å². The number of aliphatic carboxylic acids is 1. The van der Waals surface area contributed by atoms with Gasteiger partial charge in [-0.05, 0) is 25.5 Å². The first-order valence-corrected chi connectivity index (χ1v) is 6.87. The summed E-state index contributed by atoms with van der Waals surface area (Å²) >= 11 is 0. The number of nitrogens with zero attached hydrogens (tertiary/aromatic N) is 1. The first-order valence-electron chi connectivity index (χ1n) is 6.87. The zero-order valence-corrected chi connectivity index (χ0v) is 12.0. The summed E-state index contributed by atoms with van der Waals surface area (Å²) in [4.78, 5) is 24.7. The summed E-state index contributed by atoms with van der Waals surface area (Å²) in [5.41, 5.74) is 0.730. The van der Waals surface area contributed by atoms with Gasteiger partial charge in [0.2, 0.25) is 5.91 Å². The van der Waals surface area contributed by atoms with Crippen LogP contribution in [0.15, 0.2) is 30.3 Å². The van der Waals surface area contributed by atoms with Crippen LogP contribution in [0.2, 0.25) is 0 Å². The molecule has 0 aliphatic carbocycles. The molecule has 0 spiro atoms. The Hall–Kier alpha value is -2.04. The molecule has 1 aromatic carbocycles. The minimum Gasteiger partial charge on any atom is -0.480 e. The van der Waals surface area contributed by atoms with Crippen LogP contribution < -0.4 is 10.2 Å². The average Bonchev–Trinajstić information content (AvgIpc) is 2.45. The topological polar surface area (TPSA) is 69.6 Å². The lowest BCUT2D eigenvalue weighted by molar-refractivity contribution is -0.135. The van der Waals surface area contributed by atoms with Crippen LogP contribution in [-0.4, -0.2) is 36.1 Å². The number of unbranched alkanes of at least 4 members (excludes halogenated alkanes) is 1. The van der Waals surface area contributed by atoms with Gasteiger partial charge in [-0.25, -0.2) is 0 Å². The maximum atomic E-state index is 12.1. The van der Waals surface area contributed by atoms with Crippen LogP contribution in [-0.2, 0) is 9.59 Å². The Morgan fingerprint density at radius 2 is 1.95 bits per heavy atom. The molecule has 1 unspecified atom stereocenters. The van der Waals surface area contributed by atoms with Crippen molar-refractivity contribution in [3.05, 3.63) is 30.3 Å². The van der Waals surface area contributed by atoms with Crippen LogP contribution in [0.5, 0.6) is 0 Å². The lowest BCUT2D eigenvalue weighted by atomic mass is 10.2. The van der Waals surface area contributed by atoms with Crippen molar-refractivity contribution in [1.29, 1.82) is 0 Å². The first-order chi connectivity index (χ1) is 9.56. The van der Waals surface area contributed by atoms with Crippen LogP contribution >= 0.6 is 0 Å². The second-order valence-corrected chi connectivity index (χ2v) is 4.68. The normalized spacial score (nSPS) is 11.7. The molecular formula is C15H22N2O3. The molecule has 0 saturated carbocycles. The maximum Gasteiger partial charge on any atom is 0.323 e. The molecule has 0 heterocycles. The number of carbonyl (C=O) groups excluding carboxylic acids is 1. The van der Waals surface area contributed by atoms with Gasteiger partial charge in [0.05, 0.1) is 0 Å². The number of hydrogen-bond acceptors (Lipinski definition) is 3. The molecule has 1 rings (SSSR count). The van der Waals surface area contributed by atoms with Gasteiger partial charge in [0, 0.05) is 12.2 Å². The number of carboxylic acids is 1. The minimum atomic E-state index is -0.956. The standard InChI is InChI=1S/C15H22N2O3/c1-3-4-10-16-15(20)12(2)17(11-14(18)19)13-8-6-5-7-9-13/h5-9,12H,3-4,10-11H2,1-2H3,(H,16,20)(H,18,19). The van der Waals surface area contributed by atoms with E-state index >= 15 is 0 Å². The van der Waals surface area contributed by atoms with Crippen molar-refractivity contribution >= 4 is 17.6 Å². The summed E-state index contributed by atoms with van der Waals surface area (Å²) in [7, 11) is 0. The summed E-state index contributed by atoms with van der Waals surface area (Å²) in [5, 5.41) is 11.8. The number of rotatable bonds is 8. The molecule has 20 heavy (non-hydrogen) atoms.